The van der Waals surface area contributed by atoms with Gasteiger partial charge in [0.2, 0.25) is 5.91 Å². The first kappa shape index (κ1) is 17.2. The summed E-state index contributed by atoms with van der Waals surface area (Å²) in [5.41, 5.74) is 5.82. The second kappa shape index (κ2) is 7.43. The van der Waals surface area contributed by atoms with E-state index in [2.05, 4.69) is 5.32 Å². The van der Waals surface area contributed by atoms with E-state index in [4.69, 9.17) is 15.2 Å². The molecule has 0 atom stereocenters. The third-order valence-electron chi connectivity index (χ3n) is 3.79. The summed E-state index contributed by atoms with van der Waals surface area (Å²) in [4.78, 5) is 25.3. The van der Waals surface area contributed by atoms with Crippen LogP contribution in [-0.4, -0.2) is 56.2 Å². The lowest BCUT2D eigenvalue weighted by Gasteiger charge is -2.31. The van der Waals surface area contributed by atoms with Crippen LogP contribution in [0, 0.1) is 0 Å². The summed E-state index contributed by atoms with van der Waals surface area (Å²) in [6.45, 7) is 0.919. The molecule has 23 heavy (non-hydrogen) atoms. The molecule has 0 unspecified atom stereocenters. The van der Waals surface area contributed by atoms with Crippen LogP contribution in [0.1, 0.15) is 12.8 Å². The van der Waals surface area contributed by atoms with Crippen molar-refractivity contribution >= 4 is 17.5 Å². The van der Waals surface area contributed by atoms with E-state index in [1.165, 1.54) is 4.90 Å². The van der Waals surface area contributed by atoms with E-state index in [1.807, 2.05) is 0 Å². The van der Waals surface area contributed by atoms with Crippen LogP contribution in [0.15, 0.2) is 24.3 Å². The van der Waals surface area contributed by atoms with Gasteiger partial charge in [0.25, 0.3) is 5.91 Å². The molecule has 7 nitrogen and oxygen atoms in total. The summed E-state index contributed by atoms with van der Waals surface area (Å²) in [6, 6.07) is 6.90. The molecule has 0 spiro atoms. The molecule has 0 aromatic heterocycles. The maximum absolute atomic E-state index is 12.4. The Balaban J connectivity index is 1.96. The van der Waals surface area contributed by atoms with Crippen LogP contribution in [0.5, 0.6) is 5.75 Å². The minimum atomic E-state index is -0.907. The Hall–Kier alpha value is -2.12. The lowest BCUT2D eigenvalue weighted by Crippen LogP contribution is -2.54. The Bertz CT molecular complexity index is 568. The number of hydrogen-bond donors (Lipinski definition) is 2. The molecule has 1 aliphatic heterocycles. The first-order valence-corrected chi connectivity index (χ1v) is 7.52. The van der Waals surface area contributed by atoms with Gasteiger partial charge in [-0.15, -0.1) is 0 Å². The number of anilines is 1. The van der Waals surface area contributed by atoms with Gasteiger partial charge in [0.05, 0.1) is 0 Å². The third-order valence-corrected chi connectivity index (χ3v) is 3.79. The van der Waals surface area contributed by atoms with Crippen molar-refractivity contribution in [1.29, 1.82) is 0 Å². The van der Waals surface area contributed by atoms with Gasteiger partial charge in [0, 0.05) is 39.1 Å². The highest BCUT2D eigenvalue weighted by Crippen LogP contribution is 2.22. The SMILES string of the molecule is CN(C)C(=O)COc1cccc(NC(=O)C2(N)CCOCC2)c1. The predicted octanol–water partition coefficient (Wildman–Crippen LogP) is 0.600. The molecule has 1 fully saturated rings. The zero-order chi connectivity index (χ0) is 16.9. The molecule has 1 saturated heterocycles. The van der Waals surface area contributed by atoms with Crippen LogP contribution >= 0.6 is 0 Å². The number of nitrogens with zero attached hydrogens (tertiary/aromatic N) is 1. The van der Waals surface area contributed by atoms with Gasteiger partial charge in [-0.3, -0.25) is 9.59 Å². The number of rotatable bonds is 5. The summed E-state index contributed by atoms with van der Waals surface area (Å²) in [5, 5.41) is 2.81. The van der Waals surface area contributed by atoms with Crippen LogP contribution in [0.4, 0.5) is 5.69 Å². The number of carbonyl (C=O) groups is 2. The van der Waals surface area contributed by atoms with Crippen LogP contribution in [0.3, 0.4) is 0 Å². The molecule has 1 aromatic carbocycles. The van der Waals surface area contributed by atoms with E-state index < -0.39 is 5.54 Å². The van der Waals surface area contributed by atoms with Crippen LogP contribution in [0.2, 0.25) is 0 Å². The summed E-state index contributed by atoms with van der Waals surface area (Å²) in [6.07, 6.45) is 0.985. The molecule has 1 aromatic rings. The number of carbonyl (C=O) groups excluding carboxylic acids is 2. The minimum absolute atomic E-state index is 0.0530. The van der Waals surface area contributed by atoms with E-state index in [9.17, 15) is 9.59 Å². The van der Waals surface area contributed by atoms with Gasteiger partial charge in [-0.1, -0.05) is 6.07 Å². The molecule has 0 radical (unpaired) electrons. The average Bonchev–Trinajstić information content (AvgIpc) is 2.53. The van der Waals surface area contributed by atoms with Crippen LogP contribution in [-0.2, 0) is 14.3 Å². The van der Waals surface area contributed by atoms with Crippen molar-refractivity contribution in [3.05, 3.63) is 24.3 Å². The maximum Gasteiger partial charge on any atom is 0.259 e. The van der Waals surface area contributed by atoms with E-state index >= 15 is 0 Å². The standard InChI is InChI=1S/C16H23N3O4/c1-19(2)14(20)11-23-13-5-3-4-12(10-13)18-15(21)16(17)6-8-22-9-7-16/h3-5,10H,6-9,11,17H2,1-2H3,(H,18,21). The molecule has 0 bridgehead atoms. The van der Waals surface area contributed by atoms with Gasteiger partial charge in [0.15, 0.2) is 6.61 Å². The Kier molecular flexibility index (Phi) is 5.57. The fourth-order valence-corrected chi connectivity index (χ4v) is 2.16. The monoisotopic (exact) mass is 321 g/mol. The largest absolute Gasteiger partial charge is 0.484 e. The molecule has 2 rings (SSSR count). The topological polar surface area (TPSA) is 93.9 Å². The smallest absolute Gasteiger partial charge is 0.259 e. The van der Waals surface area contributed by atoms with Crippen molar-refractivity contribution < 1.29 is 19.1 Å². The lowest BCUT2D eigenvalue weighted by atomic mass is 9.90. The van der Waals surface area contributed by atoms with Gasteiger partial charge >= 0.3 is 0 Å². The lowest BCUT2D eigenvalue weighted by molar-refractivity contribution is -0.130. The van der Waals surface area contributed by atoms with Gasteiger partial charge < -0.3 is 25.4 Å². The van der Waals surface area contributed by atoms with Gasteiger partial charge in [-0.05, 0) is 25.0 Å². The van der Waals surface area contributed by atoms with Crippen molar-refractivity contribution in [2.24, 2.45) is 5.73 Å². The average molecular weight is 321 g/mol. The molecule has 126 valence electrons. The van der Waals surface area contributed by atoms with Crippen LogP contribution < -0.4 is 15.8 Å². The molecular formula is C16H23N3O4. The molecule has 0 aliphatic carbocycles. The highest BCUT2D eigenvalue weighted by Gasteiger charge is 2.35. The predicted molar refractivity (Wildman–Crippen MR) is 86.2 cm³/mol. The fourth-order valence-electron chi connectivity index (χ4n) is 2.16. The van der Waals surface area contributed by atoms with Crippen molar-refractivity contribution in [3.63, 3.8) is 0 Å². The third kappa shape index (κ3) is 4.67. The van der Waals surface area contributed by atoms with Gasteiger partial charge in [-0.25, -0.2) is 0 Å². The van der Waals surface area contributed by atoms with E-state index in [1.54, 1.807) is 38.4 Å². The molecule has 0 saturated carbocycles. The molecule has 1 heterocycles. The van der Waals surface area contributed by atoms with Crippen molar-refractivity contribution in [2.45, 2.75) is 18.4 Å². The molecule has 3 N–H and O–H groups in total. The number of likely N-dealkylation sites (N-methyl/N-ethyl adjacent to an activating group) is 1. The summed E-state index contributed by atoms with van der Waals surface area (Å²) < 4.78 is 10.7. The number of nitrogens with one attached hydrogen (secondary N) is 1. The number of nitrogens with two attached hydrogens (primary N) is 1. The Morgan fingerprint density at radius 1 is 1.35 bits per heavy atom. The Morgan fingerprint density at radius 3 is 2.70 bits per heavy atom. The molecular weight excluding hydrogens is 298 g/mol. The maximum atomic E-state index is 12.4. The quantitative estimate of drug-likeness (QED) is 0.828. The number of benzene rings is 1. The van der Waals surface area contributed by atoms with Crippen molar-refractivity contribution in [3.8, 4) is 5.75 Å². The van der Waals surface area contributed by atoms with Crippen molar-refractivity contribution in [2.75, 3.05) is 39.2 Å². The molecule has 1 aliphatic rings. The summed E-state index contributed by atoms with van der Waals surface area (Å²) >= 11 is 0. The highest BCUT2D eigenvalue weighted by molar-refractivity contribution is 5.98. The summed E-state index contributed by atoms with van der Waals surface area (Å²) in [7, 11) is 3.33. The Labute approximate surface area is 135 Å². The molecule has 7 heteroatoms. The highest BCUT2D eigenvalue weighted by atomic mass is 16.5. The van der Waals surface area contributed by atoms with E-state index in [0.29, 0.717) is 37.5 Å². The number of amides is 2. The normalized spacial score (nSPS) is 16.5. The molecule has 2 amide bonds. The Morgan fingerprint density at radius 2 is 2.04 bits per heavy atom. The van der Waals surface area contributed by atoms with Crippen LogP contribution in [0.25, 0.3) is 0 Å². The number of hydrogen-bond acceptors (Lipinski definition) is 5. The van der Waals surface area contributed by atoms with E-state index in [-0.39, 0.29) is 18.4 Å². The second-order valence-electron chi connectivity index (χ2n) is 5.83. The number of ether oxygens (including phenoxy) is 2. The fraction of sp³-hybridized carbons (Fsp3) is 0.500. The summed E-state index contributed by atoms with van der Waals surface area (Å²) in [5.74, 6) is 0.140. The second-order valence-corrected chi connectivity index (χ2v) is 5.83. The zero-order valence-electron chi connectivity index (χ0n) is 13.5. The minimum Gasteiger partial charge on any atom is -0.484 e. The van der Waals surface area contributed by atoms with Crippen molar-refractivity contribution in [1.82, 2.24) is 4.90 Å². The first-order chi connectivity index (χ1) is 10.9. The van der Waals surface area contributed by atoms with E-state index in [0.717, 1.165) is 0 Å². The van der Waals surface area contributed by atoms with Gasteiger partial charge in [-0.2, -0.15) is 0 Å². The zero-order valence-corrected chi connectivity index (χ0v) is 13.5. The first-order valence-electron chi connectivity index (χ1n) is 7.52. The van der Waals surface area contributed by atoms with Gasteiger partial charge in [0.1, 0.15) is 11.3 Å².